The van der Waals surface area contributed by atoms with E-state index in [0.717, 1.165) is 6.42 Å². The van der Waals surface area contributed by atoms with Crippen LogP contribution in [0.2, 0.25) is 0 Å². The van der Waals surface area contributed by atoms with E-state index in [2.05, 4.69) is 10.6 Å². The summed E-state index contributed by atoms with van der Waals surface area (Å²) in [4.78, 5) is 36.4. The van der Waals surface area contributed by atoms with Gasteiger partial charge in [0.15, 0.2) is 5.78 Å². The first-order chi connectivity index (χ1) is 10.8. The molecule has 0 aliphatic carbocycles. The van der Waals surface area contributed by atoms with Crippen molar-refractivity contribution in [2.45, 2.75) is 64.2 Å². The van der Waals surface area contributed by atoms with Gasteiger partial charge < -0.3 is 20.1 Å². The van der Waals surface area contributed by atoms with Gasteiger partial charge in [0.2, 0.25) is 5.91 Å². The Morgan fingerprint density at radius 2 is 2.13 bits per heavy atom. The largest absolute Gasteiger partial charge is 0.444 e. The number of alkyl carbamates (subject to hydrolysis) is 1. The van der Waals surface area contributed by atoms with Crippen molar-refractivity contribution in [3.05, 3.63) is 0 Å². The molecule has 0 bridgehead atoms. The van der Waals surface area contributed by atoms with Crippen LogP contribution in [0.15, 0.2) is 0 Å². The number of carbonyl (C=O) groups is 3. The van der Waals surface area contributed by atoms with Gasteiger partial charge in [-0.15, -0.1) is 0 Å². The monoisotopic (exact) mass is 326 g/mol. The number of ketones is 1. The fourth-order valence-corrected chi connectivity index (χ4v) is 2.88. The van der Waals surface area contributed by atoms with Crippen LogP contribution < -0.4 is 10.6 Å². The van der Waals surface area contributed by atoms with Gasteiger partial charge in [0, 0.05) is 19.1 Å². The van der Waals surface area contributed by atoms with Gasteiger partial charge in [-0.3, -0.25) is 9.59 Å². The van der Waals surface area contributed by atoms with Crippen molar-refractivity contribution in [3.8, 4) is 0 Å². The molecule has 23 heavy (non-hydrogen) atoms. The minimum atomic E-state index is -0.762. The van der Waals surface area contributed by atoms with Crippen molar-refractivity contribution >= 4 is 17.8 Å². The lowest BCUT2D eigenvalue weighted by molar-refractivity contribution is -0.131. The lowest BCUT2D eigenvalue weighted by Gasteiger charge is -2.25. The molecule has 2 aliphatic heterocycles. The zero-order valence-electron chi connectivity index (χ0n) is 14.0. The Labute approximate surface area is 136 Å². The maximum Gasteiger partial charge on any atom is 0.408 e. The third-order valence-corrected chi connectivity index (χ3v) is 3.96. The highest BCUT2D eigenvalue weighted by molar-refractivity contribution is 5.92. The van der Waals surface area contributed by atoms with Gasteiger partial charge in [-0.25, -0.2) is 4.79 Å². The standard InChI is InChI=1S/C16H26N2O5/c1-16(2,3)23-15(21)18-11(9-10-6-7-17-14(10)20)13(19)12-5-4-8-22-12/h10-12H,4-9H2,1-3H3,(H,17,20)(H,18,21)/t10-,11-,12?/m0/s1. The molecule has 0 aromatic rings. The van der Waals surface area contributed by atoms with Crippen molar-refractivity contribution in [2.24, 2.45) is 5.92 Å². The van der Waals surface area contributed by atoms with Crippen molar-refractivity contribution in [1.29, 1.82) is 0 Å². The second-order valence-electron chi connectivity index (χ2n) is 7.12. The zero-order chi connectivity index (χ0) is 17.0. The quantitative estimate of drug-likeness (QED) is 0.790. The molecule has 130 valence electrons. The molecule has 0 saturated carbocycles. The SMILES string of the molecule is CC(C)(C)OC(=O)N[C@@H](C[C@@H]1CCNC1=O)C(=O)C1CCCO1. The summed E-state index contributed by atoms with van der Waals surface area (Å²) in [6, 6.07) is -0.762. The highest BCUT2D eigenvalue weighted by Crippen LogP contribution is 2.21. The number of hydrogen-bond acceptors (Lipinski definition) is 5. The van der Waals surface area contributed by atoms with Gasteiger partial charge in [0.1, 0.15) is 11.7 Å². The lowest BCUT2D eigenvalue weighted by Crippen LogP contribution is -2.48. The first kappa shape index (κ1) is 17.7. The molecular weight excluding hydrogens is 300 g/mol. The molecule has 2 amide bonds. The number of rotatable bonds is 5. The van der Waals surface area contributed by atoms with E-state index < -0.39 is 23.8 Å². The molecule has 2 rings (SSSR count). The summed E-state index contributed by atoms with van der Waals surface area (Å²) in [7, 11) is 0. The van der Waals surface area contributed by atoms with E-state index in [1.807, 2.05) is 0 Å². The molecule has 3 atom stereocenters. The molecule has 0 spiro atoms. The van der Waals surface area contributed by atoms with Crippen molar-refractivity contribution in [1.82, 2.24) is 10.6 Å². The molecule has 0 radical (unpaired) electrons. The lowest BCUT2D eigenvalue weighted by atomic mass is 9.93. The van der Waals surface area contributed by atoms with Crippen molar-refractivity contribution < 1.29 is 23.9 Å². The highest BCUT2D eigenvalue weighted by atomic mass is 16.6. The maximum absolute atomic E-state index is 12.6. The van der Waals surface area contributed by atoms with Gasteiger partial charge in [-0.05, 0) is 46.5 Å². The molecule has 1 unspecified atom stereocenters. The van der Waals surface area contributed by atoms with E-state index >= 15 is 0 Å². The fraction of sp³-hybridized carbons (Fsp3) is 0.812. The average molecular weight is 326 g/mol. The number of Topliss-reactive ketones (excluding diaryl/α,β-unsaturated/α-hetero) is 1. The predicted octanol–water partition coefficient (Wildman–Crippen LogP) is 1.15. The van der Waals surface area contributed by atoms with E-state index in [1.54, 1.807) is 20.8 Å². The first-order valence-electron chi connectivity index (χ1n) is 8.19. The topological polar surface area (TPSA) is 93.7 Å². The summed E-state index contributed by atoms with van der Waals surface area (Å²) in [5, 5.41) is 5.38. The van der Waals surface area contributed by atoms with Crippen LogP contribution in [-0.4, -0.2) is 48.7 Å². The summed E-state index contributed by atoms with van der Waals surface area (Å²) in [6.07, 6.45) is 1.29. The van der Waals surface area contributed by atoms with Crippen LogP contribution in [0.4, 0.5) is 4.79 Å². The van der Waals surface area contributed by atoms with E-state index in [4.69, 9.17) is 9.47 Å². The zero-order valence-corrected chi connectivity index (χ0v) is 14.0. The molecule has 2 aliphatic rings. The molecule has 0 aromatic heterocycles. The van der Waals surface area contributed by atoms with Gasteiger partial charge in [0.05, 0.1) is 6.04 Å². The molecule has 7 nitrogen and oxygen atoms in total. The number of hydrogen-bond donors (Lipinski definition) is 2. The van der Waals surface area contributed by atoms with Crippen LogP contribution in [-0.2, 0) is 19.1 Å². The van der Waals surface area contributed by atoms with E-state index in [-0.39, 0.29) is 24.0 Å². The molecule has 7 heteroatoms. The Morgan fingerprint density at radius 3 is 2.65 bits per heavy atom. The summed E-state index contributed by atoms with van der Waals surface area (Å²) in [5.41, 5.74) is -0.647. The van der Waals surface area contributed by atoms with Gasteiger partial charge >= 0.3 is 6.09 Å². The normalized spacial score (nSPS) is 25.8. The Hall–Kier alpha value is -1.63. The van der Waals surface area contributed by atoms with Gasteiger partial charge in [0.25, 0.3) is 0 Å². The summed E-state index contributed by atoms with van der Waals surface area (Å²) in [5.74, 6) is -0.505. The third kappa shape index (κ3) is 5.20. The Kier molecular flexibility index (Phi) is 5.62. The molecule has 2 fully saturated rings. The molecular formula is C16H26N2O5. The second kappa shape index (κ2) is 7.29. The third-order valence-electron chi connectivity index (χ3n) is 3.96. The van der Waals surface area contributed by atoms with Crippen molar-refractivity contribution in [3.63, 3.8) is 0 Å². The van der Waals surface area contributed by atoms with Crippen molar-refractivity contribution in [2.75, 3.05) is 13.2 Å². The minimum Gasteiger partial charge on any atom is -0.444 e. The van der Waals surface area contributed by atoms with Gasteiger partial charge in [-0.1, -0.05) is 0 Å². The fourth-order valence-electron chi connectivity index (χ4n) is 2.88. The molecule has 2 saturated heterocycles. The van der Waals surface area contributed by atoms with E-state index in [9.17, 15) is 14.4 Å². The predicted molar refractivity (Wildman–Crippen MR) is 82.9 cm³/mol. The Bertz CT molecular complexity index is 466. The Balaban J connectivity index is 2.02. The Morgan fingerprint density at radius 1 is 1.39 bits per heavy atom. The molecule has 2 N–H and O–H groups in total. The van der Waals surface area contributed by atoms with Crippen LogP contribution in [0, 0.1) is 5.92 Å². The number of nitrogens with one attached hydrogen (secondary N) is 2. The smallest absolute Gasteiger partial charge is 0.408 e. The van der Waals surface area contributed by atoms with Crippen LogP contribution in [0.5, 0.6) is 0 Å². The highest BCUT2D eigenvalue weighted by Gasteiger charge is 2.36. The average Bonchev–Trinajstić information content (AvgIpc) is 3.07. The van der Waals surface area contributed by atoms with Crippen LogP contribution in [0.3, 0.4) is 0 Å². The van der Waals surface area contributed by atoms with E-state index in [0.29, 0.717) is 26.0 Å². The minimum absolute atomic E-state index is 0.0684. The summed E-state index contributed by atoms with van der Waals surface area (Å²) in [6.45, 7) is 6.44. The van der Waals surface area contributed by atoms with Crippen LogP contribution in [0.25, 0.3) is 0 Å². The van der Waals surface area contributed by atoms with E-state index in [1.165, 1.54) is 0 Å². The number of ether oxygens (including phenoxy) is 2. The van der Waals surface area contributed by atoms with Crippen LogP contribution in [0.1, 0.15) is 46.5 Å². The number of amides is 2. The molecule has 2 heterocycles. The summed E-state index contributed by atoms with van der Waals surface area (Å²) >= 11 is 0. The van der Waals surface area contributed by atoms with Crippen LogP contribution >= 0.6 is 0 Å². The second-order valence-corrected chi connectivity index (χ2v) is 7.12. The van der Waals surface area contributed by atoms with Gasteiger partial charge in [-0.2, -0.15) is 0 Å². The maximum atomic E-state index is 12.6. The first-order valence-corrected chi connectivity index (χ1v) is 8.19. The number of carbonyl (C=O) groups excluding carboxylic acids is 3. The summed E-state index contributed by atoms with van der Waals surface area (Å²) < 4.78 is 10.7. The molecule has 0 aromatic carbocycles.